The van der Waals surface area contributed by atoms with E-state index in [0.29, 0.717) is 30.0 Å². The number of nitriles is 1. The van der Waals surface area contributed by atoms with Crippen molar-refractivity contribution in [2.45, 2.75) is 5.88 Å². The molecule has 0 aliphatic carbocycles. The third kappa shape index (κ3) is 93.9. The number of alkyl halides is 3. The molecule has 0 saturated heterocycles. The molecule has 3 N–H and O–H groups in total. The smallest absolute Gasteiger partial charge is 1.00 e. The Kier molecular flexibility index (Phi) is 204. The van der Waals surface area contributed by atoms with E-state index in [2.05, 4.69) is 883 Å². The van der Waals surface area contributed by atoms with Crippen LogP contribution >= 0.6 is 1230 Å². The number of oxime groups is 1. The van der Waals surface area contributed by atoms with Gasteiger partial charge in [-0.05, 0) is 17.7 Å². The van der Waals surface area contributed by atoms with Crippen molar-refractivity contribution in [1.29, 1.82) is 5.26 Å². The number of benzene rings is 2. The second-order valence-electron chi connectivity index (χ2n) is 12.4. The first-order valence-electron chi connectivity index (χ1n) is 21.8. The number of carbonyl (C=O) groups excluding carboxylic acids is 1. The molecule has 820 valence electrons. The van der Waals surface area contributed by atoms with Crippen LogP contribution in [0.4, 0.5) is 0 Å². The van der Waals surface area contributed by atoms with Crippen molar-refractivity contribution in [3.63, 3.8) is 0 Å². The topological polar surface area (TPSA) is 171 Å². The molecule has 1 heterocycles. The summed E-state index contributed by atoms with van der Waals surface area (Å²) in [5, 5.41) is 30.5. The molecule has 0 saturated carbocycles. The predicted octanol–water partition coefficient (Wildman–Crippen LogP) is 73.6. The molecule has 3 aromatic rings. The van der Waals surface area contributed by atoms with Gasteiger partial charge in [0.25, 0.3) is 12.4 Å². The Morgan fingerprint density at radius 3 is 0.740 bits per heavy atom. The number of nitrogens with two attached hydrogens (primary N) is 1. The van der Waals surface area contributed by atoms with E-state index in [1.165, 1.54) is 0 Å². The van der Waals surface area contributed by atoms with E-state index in [1.807, 2.05) is 60.7 Å². The van der Waals surface area contributed by atoms with Crippen molar-refractivity contribution in [2.75, 3.05) is 11.8 Å². The van der Waals surface area contributed by atoms with Crippen molar-refractivity contribution < 1.29 is 98.5 Å². The van der Waals surface area contributed by atoms with Crippen LogP contribution in [0.15, 0.2) is 76.9 Å². The molecule has 10 nitrogen and oxygen atoms in total. The number of amidine groups is 1. The van der Waals surface area contributed by atoms with Crippen molar-refractivity contribution in [1.82, 2.24) is 10.1 Å². The normalized spacial score (nSPS) is 15.7. The molecule has 0 unspecified atom stereocenters. The van der Waals surface area contributed by atoms with Crippen LogP contribution in [0.25, 0.3) is 16.5 Å². The maximum absolute atomic E-state index is 8.64. The summed E-state index contributed by atoms with van der Waals surface area (Å²) in [5.41, 5.74) is 6.73. The Bertz CT molecular complexity index is 3280. The summed E-state index contributed by atoms with van der Waals surface area (Å²) < 4.78 is 5.00. The van der Waals surface area contributed by atoms with E-state index >= 15 is 0 Å². The summed E-state index contributed by atoms with van der Waals surface area (Å²) in [7, 11) is -21.6. The molecule has 0 aliphatic heterocycles. The fourth-order valence-electron chi connectivity index (χ4n) is 2.84. The Balaban J connectivity index is -0.000000322. The zero-order valence-corrected chi connectivity index (χ0v) is 253. The van der Waals surface area contributed by atoms with Gasteiger partial charge in [-0.2, -0.15) is 10.2 Å². The largest absolute Gasteiger partial charge is 1.00 e. The second-order valence-corrected chi connectivity index (χ2v) is 2080. The average Bonchev–Trinajstić information content (AvgIpc) is 1.38. The molecule has 2 aromatic carbocycles. The molecule has 3 rings (SSSR count). The van der Waals surface area contributed by atoms with E-state index in [-0.39, 0.29) is 90.5 Å². The molecule has 1 aromatic heterocycles. The first kappa shape index (κ1) is 201. The molecule has 0 spiro atoms. The minimum Gasteiger partial charge on any atom is -1.00 e. The third-order valence-electron chi connectivity index (χ3n) is 6.37. The Morgan fingerprint density at radius 2 is 0.614 bits per heavy atom. The minimum absolute atomic E-state index is 0. The molecule has 0 fully saturated rings. The summed E-state index contributed by atoms with van der Waals surface area (Å²) in [6, 6.07) is 20.9. The summed E-state index contributed by atoms with van der Waals surface area (Å²) in [6.07, 6.45) is 0. The summed E-state index contributed by atoms with van der Waals surface area (Å²) in [5.74, 6) is 1.51. The van der Waals surface area contributed by atoms with Crippen molar-refractivity contribution in [2.24, 2.45) is 10.9 Å². The first-order chi connectivity index (χ1) is 57.8. The van der Waals surface area contributed by atoms with Crippen LogP contribution in [0.2, 0.25) is 0 Å². The summed E-state index contributed by atoms with van der Waals surface area (Å²) in [6.45, 7) is 3.41. The molecule has 0 aliphatic rings. The van der Waals surface area contributed by atoms with Gasteiger partial charge < -0.3 is 27.0 Å². The molecular weight excluding hydrogens is 11900 g/mol. The fraction of sp³-hybridized carbons (Fsp3) is 0.136. The number of aromatic nitrogens is 2. The van der Waals surface area contributed by atoms with Gasteiger partial charge in [-0.15, -0.1) is 34.8 Å². The molecule has 0 radical (unpaired) electrons. The summed E-state index contributed by atoms with van der Waals surface area (Å²) in [4.78, 5) is 15.3. The van der Waals surface area contributed by atoms with Gasteiger partial charge >= 0.3 is 1260 Å². The minimum atomic E-state index is -0.558. The van der Waals surface area contributed by atoms with Crippen molar-refractivity contribution in [3.05, 3.63) is 78.6 Å². The van der Waals surface area contributed by atoms with Crippen LogP contribution in [0.1, 0.15) is 12.8 Å². The molecule has 0 bridgehead atoms. The van der Waals surface area contributed by atoms with Crippen LogP contribution in [-0.4, -0.2) is 39.4 Å². The van der Waals surface area contributed by atoms with Crippen LogP contribution in [0.3, 0.4) is 0 Å². The van der Waals surface area contributed by atoms with Gasteiger partial charge in [-0.1, -0.05) is 77.0 Å². The van der Waals surface area contributed by atoms with Gasteiger partial charge in [0, 0.05) is 10.6 Å². The van der Waals surface area contributed by atoms with Gasteiger partial charge in [-0.3, -0.25) is 4.79 Å². The van der Waals surface area contributed by atoms with Gasteiger partial charge in [0.2, 0.25) is 0 Å². The number of halogens is 93. The van der Waals surface area contributed by atoms with Gasteiger partial charge in [-0.25, -0.2) is 0 Å². The van der Waals surface area contributed by atoms with Crippen molar-refractivity contribution in [3.8, 4) is 17.5 Å². The van der Waals surface area contributed by atoms with E-state index in [4.69, 9.17) is 77.2 Å². The molecular formula is C22H23Cl4I89N5Na2O5-. The third-order valence-corrected chi connectivity index (χ3v) is 6700. The van der Waals surface area contributed by atoms with Gasteiger partial charge in [0.15, 0.2) is 11.7 Å². The number of nitrogens with zero attached hydrogens (tertiary/aromatic N) is 4. The monoisotopic (exact) mass is 11900 g/mol. The number of rotatable bonds is 46. The molecule has 0 amide bonds. The van der Waals surface area contributed by atoms with Crippen molar-refractivity contribution >= 4 is 1250 Å². The van der Waals surface area contributed by atoms with Crippen LogP contribution in [0, 0.1) is 11.3 Å². The van der Waals surface area contributed by atoms with Gasteiger partial charge in [0.05, 0.1) is 17.8 Å². The van der Waals surface area contributed by atoms with E-state index in [9.17, 15) is 0 Å². The Hall–Kier alpha value is 63.6. The standard InChI is InChI=1S/C9H7ClN2O.C8H7Cl.C2H5ClN2O.C2H2ClN.CH2O3.I45.I44.2Na.H/c10-6-8-11-9(13-12-8)7-4-2-1-3-5-7;1-7(9)8-5-3-2-4-6-8;3-1-2(4)5-6;3-1-2-4;2-1-4-3;1-24-26(4)28(6)30(8)32(10)34(12)36(14)38(16)40(18)42(20)44(22)45(23)43(21)41(19)39(17)37(15)35(13)33(11)31(9)29(7)27(5)25(2)3;1-24(2)26(5)28(7)30(9)32(11)34(13)36(15)38(17)40(19)42(21)44(23)43(22)41(20)39(18)37(16)35(14)33(12)31(10)29(8)27(6)25(3)4;;;/h1-5H,6H2;2-6H,1H2;6H,1H2,(H2,4,5);1H2;1,3H;;;;;/q;;;;;-1;;2*+1;-1/p-1. The summed E-state index contributed by atoms with van der Waals surface area (Å²) >= 11 is 171. The fourth-order valence-corrected chi connectivity index (χ4v) is 16100. The van der Waals surface area contributed by atoms with Crippen LogP contribution < -0.4 is 83.4 Å². The average molecular weight is 11900 g/mol. The first-order valence-corrected chi connectivity index (χ1v) is 571. The van der Waals surface area contributed by atoms with E-state index < -0.39 is 332 Å². The number of hydrogen-bond acceptors (Lipinski definition) is 9. The zero-order valence-electron chi connectivity index (χ0n) is 55.3. The maximum Gasteiger partial charge on any atom is 1.00 e. The quantitative estimate of drug-likeness (QED) is 0.00643. The van der Waals surface area contributed by atoms with Crippen LogP contribution in [-0.2, 0) is 15.6 Å². The van der Waals surface area contributed by atoms with Gasteiger partial charge in [0.1, 0.15) is 5.88 Å². The second kappa shape index (κ2) is 129. The predicted molar refractivity (Wildman–Crippen MR) is 1370 cm³/mol. The Morgan fingerprint density at radius 1 is 0.425 bits per heavy atom. The van der Waals surface area contributed by atoms with E-state index in [1.54, 1.807) is 6.07 Å². The number of carbonyl (C=O) groups is 1. The van der Waals surface area contributed by atoms with Crippen LogP contribution in [0.5, 0.6) is 0 Å². The zero-order chi connectivity index (χ0) is 98.6. The maximum atomic E-state index is 8.64. The molecule has 0 atom stereocenters. The molecule has 105 heteroatoms. The molecule has 127 heavy (non-hydrogen) atoms. The SMILES string of the molecule is C=C(Cl)c1ccccc1.ClCc1noc(-c2ccccc2)n1.II(I)I(I)I(I)I(I)I(I)I(I)I(I)I(I)I(I)I(I)I(I)I(I)I(I)I(I)I(I)I(I)I(I)I(I)I(I)I(I)I(I)I.I[I-]I(I)I(I)I(I)I(I)I(I)I(I)I(I)I(I)I(I)I(I)I(I)I(I)I(I)I(I)I(I)I(I)I(I)I(I)I(I)I(I)I(I)I.N#CCCl.N/C(CCl)=N\O.O=CO[O-].[H-].[Na+].[Na+]. The number of hydrogen-bond donors (Lipinski definition) is 2. The van der Waals surface area contributed by atoms with E-state index in [0.717, 1.165) is 11.1 Å². The Labute approximate surface area is 1410 Å².